The molecule has 0 bridgehead atoms. The molecule has 5 amide bonds. The Bertz CT molecular complexity index is 1440. The van der Waals surface area contributed by atoms with Crippen LogP contribution in [0.4, 0.5) is 0 Å². The number of carbonyl (C=O) groups is 6. The molecule has 5 N–H and O–H groups in total. The van der Waals surface area contributed by atoms with Crippen molar-refractivity contribution in [3.05, 3.63) is 59.7 Å². The average Bonchev–Trinajstić information content (AvgIpc) is 3.03. The number of nitrogens with one attached hydrogen (secondary N) is 3. The summed E-state index contributed by atoms with van der Waals surface area (Å²) in [6.07, 6.45) is 5.52. The van der Waals surface area contributed by atoms with Gasteiger partial charge in [0.15, 0.2) is 0 Å². The maximum Gasteiger partial charge on any atom is 0.287 e. The molecule has 0 saturated carbocycles. The standard InChI is InChI=1S/C33H45N7O6/c1-7-11-22(26(41)28(34)42)37-30(44)24-16-20-12-9-10-13-21(20)18-40(24)32(46)27(33(4,5)6)39-31(45)25(19(3)8-2)38-29(43)23-17-35-14-15-36-23/h9-10,12-15,17,19,22,24-25,27H,7-8,11,16,18H2,1-6H3,(H2,34,42)(H,37,44)(H,38,43)(H,39,45)/t19-,22-,24-,25?,27+/m0/s1. The number of primary amides is 1. The molecule has 1 aromatic heterocycles. The zero-order valence-corrected chi connectivity index (χ0v) is 27.3. The van der Waals surface area contributed by atoms with Crippen molar-refractivity contribution in [3.8, 4) is 0 Å². The third-order valence-electron chi connectivity index (χ3n) is 8.26. The summed E-state index contributed by atoms with van der Waals surface area (Å²) in [6.45, 7) is 11.0. The fourth-order valence-electron chi connectivity index (χ4n) is 5.37. The molecule has 0 saturated heterocycles. The lowest BCUT2D eigenvalue weighted by molar-refractivity contribution is -0.148. The van der Waals surface area contributed by atoms with Crippen LogP contribution in [-0.2, 0) is 36.9 Å². The van der Waals surface area contributed by atoms with E-state index in [-0.39, 0.29) is 31.0 Å². The third kappa shape index (κ3) is 8.73. The van der Waals surface area contributed by atoms with Crippen LogP contribution < -0.4 is 21.7 Å². The Hall–Kier alpha value is -4.68. The zero-order chi connectivity index (χ0) is 34.2. The number of nitrogens with zero attached hydrogens (tertiary/aromatic N) is 3. The number of rotatable bonds is 13. The van der Waals surface area contributed by atoms with Gasteiger partial charge in [-0.15, -0.1) is 0 Å². The lowest BCUT2D eigenvalue weighted by atomic mass is 9.83. The predicted octanol–water partition coefficient (Wildman–Crippen LogP) is 1.44. The molecular weight excluding hydrogens is 590 g/mol. The van der Waals surface area contributed by atoms with Crippen LogP contribution in [0.15, 0.2) is 42.9 Å². The normalized spacial score (nSPS) is 17.0. The predicted molar refractivity (Wildman–Crippen MR) is 170 cm³/mol. The number of aromatic nitrogens is 2. The summed E-state index contributed by atoms with van der Waals surface area (Å²) in [5.74, 6) is -4.62. The maximum atomic E-state index is 14.4. The molecule has 1 aliphatic rings. The monoisotopic (exact) mass is 635 g/mol. The SMILES string of the molecule is CCC[C@H](NC(=O)[C@@H]1Cc2ccccc2CN1C(=O)[C@@H](NC(=O)C(NC(=O)c1cnccn1)[C@@H](C)CC)C(C)(C)C)C(=O)C(N)=O. The van der Waals surface area contributed by atoms with E-state index in [1.807, 2.05) is 38.1 Å². The second-order valence-electron chi connectivity index (χ2n) is 12.8. The second-order valence-corrected chi connectivity index (χ2v) is 12.8. The highest BCUT2D eigenvalue weighted by Crippen LogP contribution is 2.29. The molecule has 1 unspecified atom stereocenters. The van der Waals surface area contributed by atoms with E-state index in [2.05, 4.69) is 25.9 Å². The fourth-order valence-corrected chi connectivity index (χ4v) is 5.37. The van der Waals surface area contributed by atoms with Crippen molar-refractivity contribution < 1.29 is 28.8 Å². The van der Waals surface area contributed by atoms with E-state index in [9.17, 15) is 28.8 Å². The van der Waals surface area contributed by atoms with Gasteiger partial charge in [0.25, 0.3) is 11.8 Å². The minimum Gasteiger partial charge on any atom is -0.363 e. The van der Waals surface area contributed by atoms with E-state index in [4.69, 9.17) is 5.73 Å². The topological polar surface area (TPSA) is 194 Å². The van der Waals surface area contributed by atoms with Gasteiger partial charge in [0.1, 0.15) is 23.8 Å². The number of nitrogens with two attached hydrogens (primary N) is 1. The van der Waals surface area contributed by atoms with Gasteiger partial charge in [-0.05, 0) is 28.9 Å². The zero-order valence-electron chi connectivity index (χ0n) is 27.3. The first-order valence-electron chi connectivity index (χ1n) is 15.6. The molecule has 46 heavy (non-hydrogen) atoms. The Morgan fingerprint density at radius 2 is 1.67 bits per heavy atom. The molecule has 2 aromatic rings. The quantitative estimate of drug-likeness (QED) is 0.238. The molecule has 5 atom stereocenters. The van der Waals surface area contributed by atoms with Gasteiger partial charge in [-0.25, -0.2) is 4.98 Å². The number of hydrogen-bond acceptors (Lipinski definition) is 8. The van der Waals surface area contributed by atoms with Crippen LogP contribution in [0.5, 0.6) is 0 Å². The van der Waals surface area contributed by atoms with Crippen LogP contribution in [0.2, 0.25) is 0 Å². The van der Waals surface area contributed by atoms with Gasteiger partial charge >= 0.3 is 0 Å². The molecule has 1 aliphatic heterocycles. The van der Waals surface area contributed by atoms with E-state index in [0.29, 0.717) is 12.8 Å². The van der Waals surface area contributed by atoms with E-state index < -0.39 is 64.9 Å². The van der Waals surface area contributed by atoms with Crippen molar-refractivity contribution in [2.45, 2.75) is 97.9 Å². The van der Waals surface area contributed by atoms with E-state index in [1.165, 1.54) is 23.5 Å². The number of amides is 5. The molecule has 13 heteroatoms. The first-order chi connectivity index (χ1) is 21.7. The third-order valence-corrected chi connectivity index (χ3v) is 8.26. The number of Topliss-reactive ketones (excluding diaryl/α,β-unsaturated/α-hetero) is 1. The molecule has 0 aliphatic carbocycles. The van der Waals surface area contributed by atoms with Gasteiger partial charge in [-0.2, -0.15) is 0 Å². The van der Waals surface area contributed by atoms with Crippen molar-refractivity contribution in [1.29, 1.82) is 0 Å². The Morgan fingerprint density at radius 1 is 1.00 bits per heavy atom. The molecule has 248 valence electrons. The first-order valence-corrected chi connectivity index (χ1v) is 15.6. The minimum atomic E-state index is -1.15. The lowest BCUT2D eigenvalue weighted by Gasteiger charge is -2.41. The number of hydrogen-bond donors (Lipinski definition) is 4. The number of benzene rings is 1. The van der Waals surface area contributed by atoms with Gasteiger partial charge < -0.3 is 26.6 Å². The van der Waals surface area contributed by atoms with E-state index >= 15 is 0 Å². The molecular formula is C33H45N7O6. The molecule has 1 aromatic carbocycles. The Kier molecular flexibility index (Phi) is 12.1. The fraction of sp³-hybridized carbons (Fsp3) is 0.515. The van der Waals surface area contributed by atoms with Gasteiger partial charge in [0.05, 0.1) is 12.2 Å². The van der Waals surface area contributed by atoms with E-state index in [0.717, 1.165) is 11.1 Å². The van der Waals surface area contributed by atoms with Gasteiger partial charge in [0.2, 0.25) is 23.5 Å². The highest BCUT2D eigenvalue weighted by molar-refractivity contribution is 6.37. The molecule has 2 heterocycles. The van der Waals surface area contributed by atoms with Crippen molar-refractivity contribution in [3.63, 3.8) is 0 Å². The van der Waals surface area contributed by atoms with Crippen LogP contribution in [0.3, 0.4) is 0 Å². The number of ketones is 1. The summed E-state index contributed by atoms with van der Waals surface area (Å²) in [5, 5.41) is 8.27. The second kappa shape index (κ2) is 15.5. The van der Waals surface area contributed by atoms with Gasteiger partial charge in [-0.1, -0.05) is 78.6 Å². The number of fused-ring (bicyclic) bond motifs is 1. The Labute approximate surface area is 269 Å². The maximum absolute atomic E-state index is 14.4. The molecule has 0 spiro atoms. The van der Waals surface area contributed by atoms with Crippen molar-refractivity contribution in [2.24, 2.45) is 17.1 Å². The molecule has 3 rings (SSSR count). The van der Waals surface area contributed by atoms with Crippen LogP contribution in [0, 0.1) is 11.3 Å². The lowest BCUT2D eigenvalue weighted by Crippen LogP contribution is -2.63. The van der Waals surface area contributed by atoms with Crippen LogP contribution in [-0.4, -0.2) is 74.4 Å². The van der Waals surface area contributed by atoms with Crippen molar-refractivity contribution >= 4 is 35.3 Å². The summed E-state index contributed by atoms with van der Waals surface area (Å²) in [6, 6.07) is 3.16. The Morgan fingerprint density at radius 3 is 2.24 bits per heavy atom. The summed E-state index contributed by atoms with van der Waals surface area (Å²) in [5.41, 5.74) is 6.17. The van der Waals surface area contributed by atoms with Crippen LogP contribution in [0.1, 0.15) is 82.4 Å². The highest BCUT2D eigenvalue weighted by atomic mass is 16.2. The van der Waals surface area contributed by atoms with Gasteiger partial charge in [0, 0.05) is 25.4 Å². The highest BCUT2D eigenvalue weighted by Gasteiger charge is 2.43. The number of carbonyl (C=O) groups excluding carboxylic acids is 6. The van der Waals surface area contributed by atoms with Gasteiger partial charge in [-0.3, -0.25) is 33.8 Å². The largest absolute Gasteiger partial charge is 0.363 e. The Balaban J connectivity index is 1.94. The average molecular weight is 636 g/mol. The van der Waals surface area contributed by atoms with Crippen LogP contribution in [0.25, 0.3) is 0 Å². The summed E-state index contributed by atoms with van der Waals surface area (Å²) < 4.78 is 0. The summed E-state index contributed by atoms with van der Waals surface area (Å²) in [4.78, 5) is 88.5. The molecule has 13 nitrogen and oxygen atoms in total. The smallest absolute Gasteiger partial charge is 0.287 e. The summed E-state index contributed by atoms with van der Waals surface area (Å²) >= 11 is 0. The molecule has 0 fully saturated rings. The van der Waals surface area contributed by atoms with Crippen LogP contribution >= 0.6 is 0 Å². The minimum absolute atomic E-state index is 0.0454. The molecule has 0 radical (unpaired) electrons. The van der Waals surface area contributed by atoms with Crippen molar-refractivity contribution in [1.82, 2.24) is 30.8 Å². The van der Waals surface area contributed by atoms with Crippen molar-refractivity contribution in [2.75, 3.05) is 0 Å². The summed E-state index contributed by atoms with van der Waals surface area (Å²) in [7, 11) is 0. The first kappa shape index (κ1) is 35.8. The van der Waals surface area contributed by atoms with E-state index in [1.54, 1.807) is 27.7 Å².